The number of benzene rings is 3. The summed E-state index contributed by atoms with van der Waals surface area (Å²) < 4.78 is 0. The maximum absolute atomic E-state index is 9.50. The minimum absolute atomic E-state index is 0.182. The molecular formula is C18H17NO. The van der Waals surface area contributed by atoms with Gasteiger partial charge in [0.25, 0.3) is 0 Å². The third kappa shape index (κ3) is 2.59. The number of hydrogen-bond donors (Lipinski definition) is 2. The van der Waals surface area contributed by atoms with Gasteiger partial charge in [0.1, 0.15) is 5.75 Å². The fraction of sp³-hybridized carbons (Fsp3) is 0.111. The predicted octanol–water partition coefficient (Wildman–Crippen LogP) is 4.72. The Bertz CT molecular complexity index is 736. The Hall–Kier alpha value is -2.48. The number of phenolic OH excluding ortho intramolecular Hbond substituents is 1. The summed E-state index contributed by atoms with van der Waals surface area (Å²) >= 11 is 0. The average molecular weight is 263 g/mol. The predicted molar refractivity (Wildman–Crippen MR) is 84.1 cm³/mol. The molecule has 3 aromatic carbocycles. The molecule has 1 atom stereocenters. The molecule has 0 saturated heterocycles. The molecule has 2 heteroatoms. The SMILES string of the molecule is CC(Nc1cccc(O)c1)c1ccc2ccccc2c1. The molecule has 0 bridgehead atoms. The van der Waals surface area contributed by atoms with Crippen LogP contribution in [0.3, 0.4) is 0 Å². The standard InChI is InChI=1S/C18H17NO/c1-13(19-17-7-4-8-18(20)12-17)15-10-9-14-5-2-3-6-16(14)11-15/h2-13,19-20H,1H3. The molecule has 0 aliphatic carbocycles. The molecule has 20 heavy (non-hydrogen) atoms. The van der Waals surface area contributed by atoms with Crippen LogP contribution in [0, 0.1) is 0 Å². The Labute approximate surface area is 118 Å². The molecule has 0 spiro atoms. The van der Waals surface area contributed by atoms with Gasteiger partial charge in [-0.2, -0.15) is 0 Å². The molecule has 0 radical (unpaired) electrons. The smallest absolute Gasteiger partial charge is 0.117 e. The van der Waals surface area contributed by atoms with Crippen LogP contribution in [0.25, 0.3) is 10.8 Å². The number of phenols is 1. The molecule has 0 aliphatic heterocycles. The minimum Gasteiger partial charge on any atom is -0.508 e. The van der Waals surface area contributed by atoms with Gasteiger partial charge in [0.05, 0.1) is 0 Å². The summed E-state index contributed by atoms with van der Waals surface area (Å²) in [7, 11) is 0. The second kappa shape index (κ2) is 5.25. The van der Waals surface area contributed by atoms with E-state index in [9.17, 15) is 5.11 Å². The van der Waals surface area contributed by atoms with Crippen molar-refractivity contribution in [3.05, 3.63) is 72.3 Å². The number of anilines is 1. The van der Waals surface area contributed by atoms with E-state index in [0.717, 1.165) is 5.69 Å². The molecule has 0 heterocycles. The van der Waals surface area contributed by atoms with Gasteiger partial charge in [0, 0.05) is 17.8 Å². The highest BCUT2D eigenvalue weighted by Crippen LogP contribution is 2.24. The molecular weight excluding hydrogens is 246 g/mol. The summed E-state index contributed by atoms with van der Waals surface area (Å²) in [5.74, 6) is 0.278. The van der Waals surface area contributed by atoms with Gasteiger partial charge >= 0.3 is 0 Å². The van der Waals surface area contributed by atoms with Crippen molar-refractivity contribution in [2.75, 3.05) is 5.32 Å². The van der Waals surface area contributed by atoms with Crippen LogP contribution in [0.4, 0.5) is 5.69 Å². The van der Waals surface area contributed by atoms with Gasteiger partial charge in [-0.25, -0.2) is 0 Å². The zero-order chi connectivity index (χ0) is 13.9. The summed E-state index contributed by atoms with van der Waals surface area (Å²) in [6.07, 6.45) is 0. The Morgan fingerprint density at radius 1 is 0.850 bits per heavy atom. The summed E-state index contributed by atoms with van der Waals surface area (Å²) in [4.78, 5) is 0. The quantitative estimate of drug-likeness (QED) is 0.716. The third-order valence-corrected chi connectivity index (χ3v) is 3.50. The molecule has 3 aromatic rings. The van der Waals surface area contributed by atoms with E-state index < -0.39 is 0 Å². The maximum atomic E-state index is 9.50. The Kier molecular flexibility index (Phi) is 3.30. The molecule has 100 valence electrons. The highest BCUT2D eigenvalue weighted by molar-refractivity contribution is 5.83. The highest BCUT2D eigenvalue weighted by atomic mass is 16.3. The van der Waals surface area contributed by atoms with E-state index in [0.29, 0.717) is 0 Å². The number of hydrogen-bond acceptors (Lipinski definition) is 2. The highest BCUT2D eigenvalue weighted by Gasteiger charge is 2.06. The topological polar surface area (TPSA) is 32.3 Å². The lowest BCUT2D eigenvalue weighted by Crippen LogP contribution is -2.06. The average Bonchev–Trinajstić information content (AvgIpc) is 2.47. The first-order valence-electron chi connectivity index (χ1n) is 6.77. The normalized spacial score (nSPS) is 12.2. The number of fused-ring (bicyclic) bond motifs is 1. The van der Waals surface area contributed by atoms with Gasteiger partial charge < -0.3 is 10.4 Å². The van der Waals surface area contributed by atoms with E-state index in [1.54, 1.807) is 12.1 Å². The van der Waals surface area contributed by atoms with E-state index in [1.807, 2.05) is 12.1 Å². The molecule has 0 saturated carbocycles. The molecule has 0 aromatic heterocycles. The van der Waals surface area contributed by atoms with Crippen molar-refractivity contribution in [2.45, 2.75) is 13.0 Å². The van der Waals surface area contributed by atoms with Crippen LogP contribution >= 0.6 is 0 Å². The fourth-order valence-electron chi connectivity index (χ4n) is 2.41. The maximum Gasteiger partial charge on any atom is 0.117 e. The third-order valence-electron chi connectivity index (χ3n) is 3.50. The van der Waals surface area contributed by atoms with E-state index in [1.165, 1.54) is 16.3 Å². The van der Waals surface area contributed by atoms with Crippen molar-refractivity contribution < 1.29 is 5.11 Å². The Morgan fingerprint density at radius 3 is 2.45 bits per heavy atom. The first-order chi connectivity index (χ1) is 9.72. The molecule has 2 N–H and O–H groups in total. The van der Waals surface area contributed by atoms with E-state index in [4.69, 9.17) is 0 Å². The van der Waals surface area contributed by atoms with Gasteiger partial charge in [0.2, 0.25) is 0 Å². The largest absolute Gasteiger partial charge is 0.508 e. The second-order valence-electron chi connectivity index (χ2n) is 5.02. The monoisotopic (exact) mass is 263 g/mol. The molecule has 0 aliphatic rings. The summed E-state index contributed by atoms with van der Waals surface area (Å²) in [6, 6.07) is 22.2. The zero-order valence-electron chi connectivity index (χ0n) is 11.4. The Balaban J connectivity index is 1.86. The van der Waals surface area contributed by atoms with Crippen LogP contribution in [-0.2, 0) is 0 Å². The van der Waals surface area contributed by atoms with Crippen LogP contribution in [-0.4, -0.2) is 5.11 Å². The molecule has 0 amide bonds. The fourth-order valence-corrected chi connectivity index (χ4v) is 2.41. The van der Waals surface area contributed by atoms with Gasteiger partial charge in [-0.1, -0.05) is 42.5 Å². The second-order valence-corrected chi connectivity index (χ2v) is 5.02. The van der Waals surface area contributed by atoms with Crippen molar-refractivity contribution in [1.82, 2.24) is 0 Å². The first kappa shape index (κ1) is 12.5. The van der Waals surface area contributed by atoms with Gasteiger partial charge in [-0.15, -0.1) is 0 Å². The molecule has 1 unspecified atom stereocenters. The lowest BCUT2D eigenvalue weighted by Gasteiger charge is -2.16. The van der Waals surface area contributed by atoms with Gasteiger partial charge in [0.15, 0.2) is 0 Å². The van der Waals surface area contributed by atoms with Crippen molar-refractivity contribution >= 4 is 16.5 Å². The van der Waals surface area contributed by atoms with Crippen LogP contribution in [0.5, 0.6) is 5.75 Å². The lowest BCUT2D eigenvalue weighted by molar-refractivity contribution is 0.475. The van der Waals surface area contributed by atoms with Gasteiger partial charge in [-0.05, 0) is 41.5 Å². The zero-order valence-corrected chi connectivity index (χ0v) is 11.4. The van der Waals surface area contributed by atoms with Crippen LogP contribution in [0.1, 0.15) is 18.5 Å². The van der Waals surface area contributed by atoms with Crippen molar-refractivity contribution in [2.24, 2.45) is 0 Å². The molecule has 3 rings (SSSR count). The van der Waals surface area contributed by atoms with E-state index >= 15 is 0 Å². The van der Waals surface area contributed by atoms with Crippen LogP contribution in [0.2, 0.25) is 0 Å². The van der Waals surface area contributed by atoms with Crippen molar-refractivity contribution in [1.29, 1.82) is 0 Å². The summed E-state index contributed by atoms with van der Waals surface area (Å²) in [5, 5.41) is 15.4. The van der Waals surface area contributed by atoms with Crippen LogP contribution < -0.4 is 5.32 Å². The minimum atomic E-state index is 0.182. The lowest BCUT2D eigenvalue weighted by atomic mass is 10.0. The summed E-state index contributed by atoms with van der Waals surface area (Å²) in [6.45, 7) is 2.12. The summed E-state index contributed by atoms with van der Waals surface area (Å²) in [5.41, 5.74) is 2.15. The molecule has 0 fully saturated rings. The molecule has 2 nitrogen and oxygen atoms in total. The van der Waals surface area contributed by atoms with Crippen molar-refractivity contribution in [3.63, 3.8) is 0 Å². The van der Waals surface area contributed by atoms with E-state index in [-0.39, 0.29) is 11.8 Å². The number of nitrogens with one attached hydrogen (secondary N) is 1. The Morgan fingerprint density at radius 2 is 1.65 bits per heavy atom. The first-order valence-corrected chi connectivity index (χ1v) is 6.77. The van der Waals surface area contributed by atoms with E-state index in [2.05, 4.69) is 54.7 Å². The van der Waals surface area contributed by atoms with Crippen molar-refractivity contribution in [3.8, 4) is 5.75 Å². The number of aromatic hydroxyl groups is 1. The van der Waals surface area contributed by atoms with Gasteiger partial charge in [-0.3, -0.25) is 0 Å². The van der Waals surface area contributed by atoms with Crippen LogP contribution in [0.15, 0.2) is 66.7 Å². The number of rotatable bonds is 3.